The Balaban J connectivity index is 2.62. The SMILES string of the molecule is CCCNCC/C=C(/C)c1c(Cl)cccc1Br. The molecule has 3 heteroatoms. The molecule has 0 saturated carbocycles. The Hall–Kier alpha value is -0.310. The maximum absolute atomic E-state index is 6.20. The highest BCUT2D eigenvalue weighted by atomic mass is 79.9. The largest absolute Gasteiger partial charge is 0.316 e. The van der Waals surface area contributed by atoms with E-state index in [0.29, 0.717) is 0 Å². The molecule has 1 aromatic carbocycles. The van der Waals surface area contributed by atoms with Gasteiger partial charge in [0, 0.05) is 15.1 Å². The molecule has 0 amide bonds. The molecule has 0 saturated heterocycles. The van der Waals surface area contributed by atoms with Gasteiger partial charge in [-0.15, -0.1) is 0 Å². The second-order valence-electron chi connectivity index (χ2n) is 4.02. The summed E-state index contributed by atoms with van der Waals surface area (Å²) in [5.74, 6) is 0. The zero-order valence-electron chi connectivity index (χ0n) is 10.4. The van der Waals surface area contributed by atoms with E-state index in [1.807, 2.05) is 18.2 Å². The van der Waals surface area contributed by atoms with Gasteiger partial charge in [-0.3, -0.25) is 0 Å². The molecular formula is C14H19BrClN. The van der Waals surface area contributed by atoms with Crippen LogP contribution in [0.15, 0.2) is 28.7 Å². The molecule has 1 rings (SSSR count). The smallest absolute Gasteiger partial charge is 0.0492 e. The van der Waals surface area contributed by atoms with Gasteiger partial charge < -0.3 is 5.32 Å². The van der Waals surface area contributed by atoms with Gasteiger partial charge in [0.15, 0.2) is 0 Å². The molecule has 0 atom stereocenters. The van der Waals surface area contributed by atoms with Crippen LogP contribution in [0.25, 0.3) is 5.57 Å². The van der Waals surface area contributed by atoms with Gasteiger partial charge in [-0.1, -0.05) is 46.6 Å². The molecule has 0 aliphatic carbocycles. The fourth-order valence-corrected chi connectivity index (χ4v) is 2.79. The third kappa shape index (κ3) is 4.82. The summed E-state index contributed by atoms with van der Waals surface area (Å²) in [4.78, 5) is 0. The molecular weight excluding hydrogens is 298 g/mol. The van der Waals surface area contributed by atoms with Crippen molar-refractivity contribution in [2.45, 2.75) is 26.7 Å². The van der Waals surface area contributed by atoms with E-state index in [9.17, 15) is 0 Å². The summed E-state index contributed by atoms with van der Waals surface area (Å²) in [6.07, 6.45) is 4.44. The first-order valence-corrected chi connectivity index (χ1v) is 7.15. The molecule has 0 heterocycles. The third-order valence-corrected chi connectivity index (χ3v) is 3.53. The maximum atomic E-state index is 6.20. The highest BCUT2D eigenvalue weighted by Crippen LogP contribution is 2.31. The molecule has 0 fully saturated rings. The van der Waals surface area contributed by atoms with E-state index < -0.39 is 0 Å². The highest BCUT2D eigenvalue weighted by Gasteiger charge is 2.05. The molecule has 0 aliphatic rings. The fourth-order valence-electron chi connectivity index (χ4n) is 1.67. The molecule has 1 N–H and O–H groups in total. The van der Waals surface area contributed by atoms with Gasteiger partial charge in [0.2, 0.25) is 0 Å². The van der Waals surface area contributed by atoms with Crippen molar-refractivity contribution in [1.82, 2.24) is 5.32 Å². The van der Waals surface area contributed by atoms with Crippen molar-refractivity contribution in [3.05, 3.63) is 39.3 Å². The maximum Gasteiger partial charge on any atom is 0.0492 e. The number of benzene rings is 1. The Labute approximate surface area is 117 Å². The topological polar surface area (TPSA) is 12.0 Å². The lowest BCUT2D eigenvalue weighted by molar-refractivity contribution is 0.678. The minimum atomic E-state index is 0.801. The predicted molar refractivity (Wildman–Crippen MR) is 80.6 cm³/mol. The van der Waals surface area contributed by atoms with Crippen molar-refractivity contribution in [3.63, 3.8) is 0 Å². The normalized spacial score (nSPS) is 11.9. The Bertz CT molecular complexity index is 368. The minimum absolute atomic E-state index is 0.801. The van der Waals surface area contributed by atoms with Crippen molar-refractivity contribution in [3.8, 4) is 0 Å². The van der Waals surface area contributed by atoms with Gasteiger partial charge in [-0.05, 0) is 50.6 Å². The van der Waals surface area contributed by atoms with Gasteiger partial charge in [-0.25, -0.2) is 0 Å². The van der Waals surface area contributed by atoms with Gasteiger partial charge in [0.05, 0.1) is 0 Å². The molecule has 0 spiro atoms. The van der Waals surface area contributed by atoms with E-state index in [2.05, 4.69) is 41.2 Å². The number of hydrogen-bond acceptors (Lipinski definition) is 1. The highest BCUT2D eigenvalue weighted by molar-refractivity contribution is 9.10. The Morgan fingerprint density at radius 3 is 2.82 bits per heavy atom. The van der Waals surface area contributed by atoms with E-state index in [1.54, 1.807) is 0 Å². The molecule has 1 nitrogen and oxygen atoms in total. The van der Waals surface area contributed by atoms with Crippen LogP contribution in [0.3, 0.4) is 0 Å². The second-order valence-corrected chi connectivity index (χ2v) is 5.28. The van der Waals surface area contributed by atoms with Crippen LogP contribution >= 0.6 is 27.5 Å². The number of nitrogens with one attached hydrogen (secondary N) is 1. The Morgan fingerprint density at radius 1 is 1.41 bits per heavy atom. The lowest BCUT2D eigenvalue weighted by Crippen LogP contribution is -2.15. The molecule has 1 aromatic rings. The third-order valence-electron chi connectivity index (χ3n) is 2.56. The summed E-state index contributed by atoms with van der Waals surface area (Å²) < 4.78 is 1.06. The zero-order valence-corrected chi connectivity index (χ0v) is 12.7. The van der Waals surface area contributed by atoms with Crippen molar-refractivity contribution >= 4 is 33.1 Å². The van der Waals surface area contributed by atoms with Crippen molar-refractivity contribution in [2.75, 3.05) is 13.1 Å². The van der Waals surface area contributed by atoms with Gasteiger partial charge in [0.25, 0.3) is 0 Å². The van der Waals surface area contributed by atoms with Crippen LogP contribution < -0.4 is 5.32 Å². The molecule has 0 bridgehead atoms. The number of hydrogen-bond donors (Lipinski definition) is 1. The van der Waals surface area contributed by atoms with E-state index >= 15 is 0 Å². The number of rotatable bonds is 6. The average molecular weight is 317 g/mol. The van der Waals surface area contributed by atoms with Crippen LogP contribution in [0.5, 0.6) is 0 Å². The van der Waals surface area contributed by atoms with E-state index in [-0.39, 0.29) is 0 Å². The van der Waals surface area contributed by atoms with Crippen LogP contribution in [0, 0.1) is 0 Å². The summed E-state index contributed by atoms with van der Waals surface area (Å²) in [6, 6.07) is 5.90. The molecule has 94 valence electrons. The van der Waals surface area contributed by atoms with E-state index in [0.717, 1.165) is 34.6 Å². The predicted octanol–water partition coefficient (Wildman–Crippen LogP) is 4.90. The van der Waals surface area contributed by atoms with E-state index in [1.165, 1.54) is 12.0 Å². The van der Waals surface area contributed by atoms with Crippen molar-refractivity contribution in [2.24, 2.45) is 0 Å². The lowest BCUT2D eigenvalue weighted by atomic mass is 10.1. The van der Waals surface area contributed by atoms with Gasteiger partial charge in [-0.2, -0.15) is 0 Å². The van der Waals surface area contributed by atoms with Crippen LogP contribution in [-0.2, 0) is 0 Å². The van der Waals surface area contributed by atoms with Crippen LogP contribution in [0.4, 0.5) is 0 Å². The monoisotopic (exact) mass is 315 g/mol. The van der Waals surface area contributed by atoms with Crippen LogP contribution in [-0.4, -0.2) is 13.1 Å². The molecule has 17 heavy (non-hydrogen) atoms. The minimum Gasteiger partial charge on any atom is -0.316 e. The summed E-state index contributed by atoms with van der Waals surface area (Å²) in [7, 11) is 0. The summed E-state index contributed by atoms with van der Waals surface area (Å²) >= 11 is 9.74. The Morgan fingerprint density at radius 2 is 2.18 bits per heavy atom. The number of halogens is 2. The zero-order chi connectivity index (χ0) is 12.7. The first-order valence-electron chi connectivity index (χ1n) is 5.98. The number of allylic oxidation sites excluding steroid dienone is 1. The summed E-state index contributed by atoms with van der Waals surface area (Å²) in [5, 5.41) is 4.18. The van der Waals surface area contributed by atoms with Crippen LogP contribution in [0.1, 0.15) is 32.3 Å². The Kier molecular flexibility index (Phi) is 6.86. The van der Waals surface area contributed by atoms with Crippen LogP contribution in [0.2, 0.25) is 5.02 Å². The summed E-state index contributed by atoms with van der Waals surface area (Å²) in [6.45, 7) is 6.39. The quantitative estimate of drug-likeness (QED) is 0.736. The standard InChI is InChI=1S/C14H19BrClN/c1-3-9-17-10-5-6-11(2)14-12(15)7-4-8-13(14)16/h4,6-8,17H,3,5,9-10H2,1-2H3/b11-6-. The van der Waals surface area contributed by atoms with Gasteiger partial charge in [0.1, 0.15) is 0 Å². The second kappa shape index (κ2) is 7.91. The summed E-state index contributed by atoms with van der Waals surface area (Å²) in [5.41, 5.74) is 2.32. The molecule has 0 unspecified atom stereocenters. The van der Waals surface area contributed by atoms with Crippen molar-refractivity contribution in [1.29, 1.82) is 0 Å². The fraction of sp³-hybridized carbons (Fsp3) is 0.429. The lowest BCUT2D eigenvalue weighted by Gasteiger charge is -2.08. The van der Waals surface area contributed by atoms with Gasteiger partial charge >= 0.3 is 0 Å². The average Bonchev–Trinajstić information content (AvgIpc) is 2.28. The molecule has 0 aromatic heterocycles. The molecule has 0 radical (unpaired) electrons. The van der Waals surface area contributed by atoms with E-state index in [4.69, 9.17) is 11.6 Å². The first-order chi connectivity index (χ1) is 8.16. The molecule has 0 aliphatic heterocycles. The first kappa shape index (κ1) is 14.7. The van der Waals surface area contributed by atoms with Crippen molar-refractivity contribution < 1.29 is 0 Å².